The standard InChI is InChI=1S/C20H14F6N2O2/c1-9-14(21)6-11(7-15(9)22)10(2)27-18(29)16-8-30-19(28-16)12-4-3-5-13(17(12)23)20(24,25)26/h3-8,10H,1-2H3,(H,27,29). The zero-order chi connectivity index (χ0) is 22.2. The number of carbonyl (C=O) groups is 1. The summed E-state index contributed by atoms with van der Waals surface area (Å²) in [4.78, 5) is 16.1. The third kappa shape index (κ3) is 4.17. The van der Waals surface area contributed by atoms with E-state index in [1.165, 1.54) is 13.8 Å². The van der Waals surface area contributed by atoms with Gasteiger partial charge in [-0.2, -0.15) is 13.2 Å². The van der Waals surface area contributed by atoms with Gasteiger partial charge in [0.1, 0.15) is 23.7 Å². The summed E-state index contributed by atoms with van der Waals surface area (Å²) in [5.41, 5.74) is -2.43. The lowest BCUT2D eigenvalue weighted by atomic mass is 10.1. The van der Waals surface area contributed by atoms with Crippen molar-refractivity contribution in [1.82, 2.24) is 10.3 Å². The Hall–Kier alpha value is -3.30. The highest BCUT2D eigenvalue weighted by Crippen LogP contribution is 2.35. The van der Waals surface area contributed by atoms with E-state index >= 15 is 0 Å². The Kier molecular flexibility index (Phi) is 5.60. The van der Waals surface area contributed by atoms with E-state index in [9.17, 15) is 31.1 Å². The van der Waals surface area contributed by atoms with Crippen molar-refractivity contribution in [3.8, 4) is 11.5 Å². The van der Waals surface area contributed by atoms with Crippen LogP contribution in [0.3, 0.4) is 0 Å². The highest BCUT2D eigenvalue weighted by Gasteiger charge is 2.35. The third-order valence-corrected chi connectivity index (χ3v) is 4.42. The fraction of sp³-hybridized carbons (Fsp3) is 0.200. The molecular weight excluding hydrogens is 414 g/mol. The van der Waals surface area contributed by atoms with E-state index in [-0.39, 0.29) is 16.8 Å². The Morgan fingerprint density at radius 2 is 1.77 bits per heavy atom. The van der Waals surface area contributed by atoms with Gasteiger partial charge in [-0.15, -0.1) is 0 Å². The van der Waals surface area contributed by atoms with Crippen molar-refractivity contribution in [1.29, 1.82) is 0 Å². The van der Waals surface area contributed by atoms with Gasteiger partial charge >= 0.3 is 6.18 Å². The van der Waals surface area contributed by atoms with Crippen LogP contribution in [0, 0.1) is 24.4 Å². The highest BCUT2D eigenvalue weighted by molar-refractivity contribution is 5.92. The molecule has 1 N–H and O–H groups in total. The summed E-state index contributed by atoms with van der Waals surface area (Å²) in [7, 11) is 0. The van der Waals surface area contributed by atoms with Crippen LogP contribution in [0.4, 0.5) is 26.3 Å². The fourth-order valence-corrected chi connectivity index (χ4v) is 2.69. The second kappa shape index (κ2) is 7.85. The Bertz CT molecular complexity index is 1080. The van der Waals surface area contributed by atoms with Gasteiger partial charge in [0.25, 0.3) is 5.91 Å². The van der Waals surface area contributed by atoms with Gasteiger partial charge in [0, 0.05) is 5.56 Å². The summed E-state index contributed by atoms with van der Waals surface area (Å²) in [6.45, 7) is 2.73. The minimum Gasteiger partial charge on any atom is -0.444 e. The number of hydrogen-bond donors (Lipinski definition) is 1. The zero-order valence-corrected chi connectivity index (χ0v) is 15.6. The van der Waals surface area contributed by atoms with Crippen molar-refractivity contribution in [2.75, 3.05) is 0 Å². The van der Waals surface area contributed by atoms with Crippen molar-refractivity contribution in [3.05, 3.63) is 76.4 Å². The Morgan fingerprint density at radius 1 is 1.13 bits per heavy atom. The molecule has 0 fully saturated rings. The van der Waals surface area contributed by atoms with Crippen molar-refractivity contribution in [3.63, 3.8) is 0 Å². The van der Waals surface area contributed by atoms with E-state index in [0.717, 1.165) is 30.5 Å². The Labute approximate surface area is 166 Å². The summed E-state index contributed by atoms with van der Waals surface area (Å²) in [5, 5.41) is 2.43. The molecule has 10 heteroatoms. The van der Waals surface area contributed by atoms with E-state index in [4.69, 9.17) is 4.42 Å². The molecule has 0 saturated carbocycles. The molecule has 3 rings (SSSR count). The molecule has 0 saturated heterocycles. The Balaban J connectivity index is 1.82. The maximum absolute atomic E-state index is 14.2. The van der Waals surface area contributed by atoms with Gasteiger partial charge in [-0.1, -0.05) is 6.07 Å². The van der Waals surface area contributed by atoms with Crippen molar-refractivity contribution in [2.45, 2.75) is 26.1 Å². The average molecular weight is 428 g/mol. The largest absolute Gasteiger partial charge is 0.444 e. The average Bonchev–Trinajstić information content (AvgIpc) is 3.15. The lowest BCUT2D eigenvalue weighted by molar-refractivity contribution is -0.139. The predicted molar refractivity (Wildman–Crippen MR) is 93.9 cm³/mol. The molecule has 3 aromatic rings. The number of halogens is 6. The van der Waals surface area contributed by atoms with E-state index in [0.29, 0.717) is 6.07 Å². The Morgan fingerprint density at radius 3 is 2.37 bits per heavy atom. The molecule has 0 bridgehead atoms. The number of oxazole rings is 1. The number of rotatable bonds is 4. The van der Waals surface area contributed by atoms with Crippen LogP contribution < -0.4 is 5.32 Å². The molecule has 158 valence electrons. The van der Waals surface area contributed by atoms with E-state index in [1.54, 1.807) is 0 Å². The number of benzene rings is 2. The van der Waals surface area contributed by atoms with Crippen molar-refractivity contribution >= 4 is 5.91 Å². The maximum atomic E-state index is 14.2. The lowest BCUT2D eigenvalue weighted by Gasteiger charge is -2.14. The number of nitrogens with one attached hydrogen (secondary N) is 1. The molecule has 4 nitrogen and oxygen atoms in total. The predicted octanol–water partition coefficient (Wildman–Crippen LogP) is 5.58. The van der Waals surface area contributed by atoms with Gasteiger partial charge in [0.15, 0.2) is 5.69 Å². The van der Waals surface area contributed by atoms with E-state index < -0.39 is 52.6 Å². The van der Waals surface area contributed by atoms with E-state index in [2.05, 4.69) is 10.3 Å². The molecule has 1 heterocycles. The van der Waals surface area contributed by atoms with Crippen molar-refractivity contribution < 1.29 is 35.6 Å². The number of alkyl halides is 3. The first-order valence-corrected chi connectivity index (χ1v) is 8.57. The smallest absolute Gasteiger partial charge is 0.419 e. The molecule has 0 aliphatic carbocycles. The van der Waals surface area contributed by atoms with Gasteiger partial charge in [0.05, 0.1) is 17.2 Å². The summed E-state index contributed by atoms with van der Waals surface area (Å²) in [5.74, 6) is -4.50. The molecular formula is C20H14F6N2O2. The molecule has 0 aliphatic heterocycles. The normalized spacial score (nSPS) is 12.7. The molecule has 1 amide bonds. The summed E-state index contributed by atoms with van der Waals surface area (Å²) in [6.07, 6.45) is -4.08. The van der Waals surface area contributed by atoms with Gasteiger partial charge in [0.2, 0.25) is 5.89 Å². The molecule has 30 heavy (non-hydrogen) atoms. The van der Waals surface area contributed by atoms with Crippen LogP contribution in [0.15, 0.2) is 41.0 Å². The first kappa shape index (κ1) is 21.4. The molecule has 0 radical (unpaired) electrons. The van der Waals surface area contributed by atoms with Gasteiger partial charge in [-0.05, 0) is 43.7 Å². The SMILES string of the molecule is Cc1c(F)cc(C(C)NC(=O)c2coc(-c3cccc(C(F)(F)F)c3F)n2)cc1F. The molecule has 1 unspecified atom stereocenters. The quantitative estimate of drug-likeness (QED) is 0.553. The minimum absolute atomic E-state index is 0.150. The second-order valence-corrected chi connectivity index (χ2v) is 6.51. The number of carbonyl (C=O) groups excluding carboxylic acids is 1. The van der Waals surface area contributed by atoms with Crippen molar-refractivity contribution in [2.24, 2.45) is 0 Å². The van der Waals surface area contributed by atoms with Crippen LogP contribution in [0.5, 0.6) is 0 Å². The highest BCUT2D eigenvalue weighted by atomic mass is 19.4. The summed E-state index contributed by atoms with van der Waals surface area (Å²) >= 11 is 0. The molecule has 0 spiro atoms. The number of hydrogen-bond acceptors (Lipinski definition) is 3. The molecule has 0 aliphatic rings. The van der Waals surface area contributed by atoms with Gasteiger partial charge in [-0.25, -0.2) is 18.2 Å². The first-order chi connectivity index (χ1) is 14.0. The monoisotopic (exact) mass is 428 g/mol. The lowest BCUT2D eigenvalue weighted by Crippen LogP contribution is -2.27. The fourth-order valence-electron chi connectivity index (χ4n) is 2.69. The number of amides is 1. The summed E-state index contributed by atoms with van der Waals surface area (Å²) < 4.78 is 85.2. The number of nitrogens with zero attached hydrogens (tertiary/aromatic N) is 1. The van der Waals surface area contributed by atoms with Crippen LogP contribution in [0.25, 0.3) is 11.5 Å². The van der Waals surface area contributed by atoms with E-state index in [1.807, 2.05) is 0 Å². The topological polar surface area (TPSA) is 55.1 Å². The van der Waals surface area contributed by atoms with Crippen LogP contribution in [-0.4, -0.2) is 10.9 Å². The summed E-state index contributed by atoms with van der Waals surface area (Å²) in [6, 6.07) is 3.88. The molecule has 1 aromatic heterocycles. The second-order valence-electron chi connectivity index (χ2n) is 6.51. The van der Waals surface area contributed by atoms with Crippen LogP contribution in [-0.2, 0) is 6.18 Å². The van der Waals surface area contributed by atoms with Crippen LogP contribution in [0.2, 0.25) is 0 Å². The van der Waals surface area contributed by atoms with Crippen LogP contribution >= 0.6 is 0 Å². The molecule has 1 atom stereocenters. The van der Waals surface area contributed by atoms with Gasteiger partial charge in [-0.3, -0.25) is 4.79 Å². The number of aromatic nitrogens is 1. The third-order valence-electron chi connectivity index (χ3n) is 4.42. The molecule has 2 aromatic carbocycles. The minimum atomic E-state index is -4.92. The maximum Gasteiger partial charge on any atom is 0.419 e. The van der Waals surface area contributed by atoms with Crippen LogP contribution in [0.1, 0.15) is 40.1 Å². The van der Waals surface area contributed by atoms with Gasteiger partial charge < -0.3 is 9.73 Å². The first-order valence-electron chi connectivity index (χ1n) is 8.57. The zero-order valence-electron chi connectivity index (χ0n) is 15.6.